The second-order valence-electron chi connectivity index (χ2n) is 6.56. The minimum absolute atomic E-state index is 0.0896. The molecule has 0 saturated heterocycles. The van der Waals surface area contributed by atoms with Gasteiger partial charge in [-0.25, -0.2) is 0 Å². The van der Waals surface area contributed by atoms with Gasteiger partial charge in [0, 0.05) is 30.5 Å². The molecule has 2 aromatic rings. The Bertz CT molecular complexity index is 977. The van der Waals surface area contributed by atoms with E-state index in [0.717, 1.165) is 25.7 Å². The smallest absolute Gasteiger partial charge is 0.298 e. The highest BCUT2D eigenvalue weighted by molar-refractivity contribution is 5.90. The van der Waals surface area contributed by atoms with E-state index in [1.165, 1.54) is 22.8 Å². The lowest BCUT2D eigenvalue weighted by atomic mass is 10.1. The number of hydrogen-bond donors (Lipinski definition) is 0. The third kappa shape index (κ3) is 5.01. The van der Waals surface area contributed by atoms with Gasteiger partial charge in [0.1, 0.15) is 0 Å². The monoisotopic (exact) mass is 402 g/mol. The first-order chi connectivity index (χ1) is 14.0. The number of nitro groups is 1. The molecule has 1 aromatic heterocycles. The largest absolute Gasteiger partial charge is 0.457 e. The van der Waals surface area contributed by atoms with Crippen LogP contribution in [0.2, 0.25) is 0 Å². The van der Waals surface area contributed by atoms with E-state index in [2.05, 4.69) is 6.92 Å². The molecule has 0 aliphatic heterocycles. The molecule has 1 aromatic carbocycles. The first-order valence-electron chi connectivity index (χ1n) is 9.76. The molecular weight excluding hydrogens is 376 g/mol. The van der Waals surface area contributed by atoms with Gasteiger partial charge in [0.25, 0.3) is 17.7 Å². The Labute approximate surface area is 168 Å². The summed E-state index contributed by atoms with van der Waals surface area (Å²) in [7, 11) is 0. The number of aromatic nitrogens is 1. The summed E-state index contributed by atoms with van der Waals surface area (Å²) in [6, 6.07) is 4.22. The molecule has 156 valence electrons. The van der Waals surface area contributed by atoms with Crippen molar-refractivity contribution in [3.05, 3.63) is 50.5 Å². The number of carbonyl (C=O) groups is 1. The number of rotatable bonds is 11. The maximum absolute atomic E-state index is 13.1. The van der Waals surface area contributed by atoms with Crippen LogP contribution in [0.25, 0.3) is 10.9 Å². The molecule has 2 rings (SSSR count). The van der Waals surface area contributed by atoms with Crippen molar-refractivity contribution in [3.8, 4) is 11.5 Å². The highest BCUT2D eigenvalue weighted by Gasteiger charge is 2.22. The van der Waals surface area contributed by atoms with Crippen molar-refractivity contribution in [3.63, 3.8) is 0 Å². The SMILES string of the molecule is CC=C(CC)Oc1c(OC=O)c(=O)n(CCCCCC)c2cc([N+](=O)[O-])ccc12. The van der Waals surface area contributed by atoms with E-state index in [1.807, 2.05) is 6.92 Å². The van der Waals surface area contributed by atoms with Crippen molar-refractivity contribution in [2.75, 3.05) is 0 Å². The van der Waals surface area contributed by atoms with E-state index < -0.39 is 10.5 Å². The fraction of sp³-hybridized carbons (Fsp3) is 0.429. The van der Waals surface area contributed by atoms with Crippen LogP contribution >= 0.6 is 0 Å². The highest BCUT2D eigenvalue weighted by atomic mass is 16.6. The maximum Gasteiger partial charge on any atom is 0.298 e. The average Bonchev–Trinajstić information content (AvgIpc) is 2.72. The molecule has 1 heterocycles. The standard InChI is InChI=1S/C21H26N2O6/c1-4-7-8-9-12-22-18-13-15(23(26)27)10-11-17(18)19(29-16(5-2)6-3)20(21(22)25)28-14-24/h5,10-11,13-14H,4,6-9,12H2,1-3H3. The number of ether oxygens (including phenoxy) is 2. The number of non-ortho nitro benzene ring substituents is 1. The normalized spacial score (nSPS) is 11.5. The lowest BCUT2D eigenvalue weighted by molar-refractivity contribution is -0.384. The molecule has 0 atom stereocenters. The Hall–Kier alpha value is -3.16. The summed E-state index contributed by atoms with van der Waals surface area (Å²) in [6.07, 6.45) is 6.01. The Morgan fingerprint density at radius 3 is 2.55 bits per heavy atom. The quantitative estimate of drug-likeness (QED) is 0.177. The lowest BCUT2D eigenvalue weighted by Gasteiger charge is -2.17. The van der Waals surface area contributed by atoms with Crippen LogP contribution in [-0.2, 0) is 11.3 Å². The van der Waals surface area contributed by atoms with Crippen LogP contribution in [0.4, 0.5) is 5.69 Å². The number of nitrogens with zero attached hydrogens (tertiary/aromatic N) is 2. The van der Waals surface area contributed by atoms with Gasteiger partial charge in [0.2, 0.25) is 5.75 Å². The van der Waals surface area contributed by atoms with Gasteiger partial charge < -0.3 is 14.0 Å². The predicted molar refractivity (Wildman–Crippen MR) is 110 cm³/mol. The molecule has 0 spiro atoms. The van der Waals surface area contributed by atoms with Gasteiger partial charge in [-0.05, 0) is 25.5 Å². The Morgan fingerprint density at radius 1 is 1.21 bits per heavy atom. The molecule has 0 saturated carbocycles. The first-order valence-corrected chi connectivity index (χ1v) is 9.76. The van der Waals surface area contributed by atoms with E-state index in [1.54, 1.807) is 13.0 Å². The molecule has 0 aliphatic carbocycles. The van der Waals surface area contributed by atoms with Crippen LogP contribution in [0, 0.1) is 10.1 Å². The fourth-order valence-corrected chi connectivity index (χ4v) is 3.14. The lowest BCUT2D eigenvalue weighted by Crippen LogP contribution is -2.23. The molecule has 8 heteroatoms. The summed E-state index contributed by atoms with van der Waals surface area (Å²) in [5.41, 5.74) is -0.306. The van der Waals surface area contributed by atoms with Crippen LogP contribution in [0.3, 0.4) is 0 Å². The average molecular weight is 402 g/mol. The number of aryl methyl sites for hydroxylation is 1. The van der Waals surface area contributed by atoms with Crippen LogP contribution in [-0.4, -0.2) is 16.0 Å². The third-order valence-electron chi connectivity index (χ3n) is 4.68. The molecular formula is C21H26N2O6. The Balaban J connectivity index is 2.76. The van der Waals surface area contributed by atoms with Crippen molar-refractivity contribution in [2.45, 2.75) is 59.4 Å². The topological polar surface area (TPSA) is 101 Å². The zero-order valence-electron chi connectivity index (χ0n) is 17.0. The van der Waals surface area contributed by atoms with E-state index in [0.29, 0.717) is 29.6 Å². The number of unbranched alkanes of at least 4 members (excludes halogenated alkanes) is 3. The second-order valence-corrected chi connectivity index (χ2v) is 6.56. The van der Waals surface area contributed by atoms with E-state index in [4.69, 9.17) is 9.47 Å². The molecule has 0 aliphatic rings. The van der Waals surface area contributed by atoms with Gasteiger partial charge in [-0.1, -0.05) is 33.1 Å². The van der Waals surface area contributed by atoms with Crippen LogP contribution in [0.5, 0.6) is 11.5 Å². The minimum Gasteiger partial charge on any atom is -0.457 e. The van der Waals surface area contributed by atoms with Crippen molar-refractivity contribution in [1.82, 2.24) is 4.57 Å². The molecule has 0 N–H and O–H groups in total. The van der Waals surface area contributed by atoms with Crippen molar-refractivity contribution in [2.24, 2.45) is 0 Å². The number of carbonyl (C=O) groups excluding carboxylic acids is 1. The predicted octanol–water partition coefficient (Wildman–Crippen LogP) is 4.72. The number of hydrogen-bond acceptors (Lipinski definition) is 6. The van der Waals surface area contributed by atoms with Crippen molar-refractivity contribution in [1.29, 1.82) is 0 Å². The third-order valence-corrected chi connectivity index (χ3v) is 4.68. The van der Waals surface area contributed by atoms with Gasteiger partial charge in [-0.3, -0.25) is 19.7 Å². The molecule has 0 fully saturated rings. The van der Waals surface area contributed by atoms with Crippen LogP contribution < -0.4 is 15.0 Å². The number of nitro benzene ring substituents is 1. The van der Waals surface area contributed by atoms with Crippen molar-refractivity contribution < 1.29 is 19.2 Å². The molecule has 8 nitrogen and oxygen atoms in total. The number of pyridine rings is 1. The highest BCUT2D eigenvalue weighted by Crippen LogP contribution is 2.36. The summed E-state index contributed by atoms with van der Waals surface area (Å²) in [5.74, 6) is 0.455. The first kappa shape index (κ1) is 22.1. The van der Waals surface area contributed by atoms with Gasteiger partial charge in [-0.15, -0.1) is 0 Å². The zero-order valence-corrected chi connectivity index (χ0v) is 17.0. The number of benzene rings is 1. The maximum atomic E-state index is 13.1. The fourth-order valence-electron chi connectivity index (χ4n) is 3.14. The van der Waals surface area contributed by atoms with Gasteiger partial charge in [-0.2, -0.15) is 0 Å². The minimum atomic E-state index is -0.553. The summed E-state index contributed by atoms with van der Waals surface area (Å²) in [4.78, 5) is 34.9. The molecule has 0 radical (unpaired) electrons. The van der Waals surface area contributed by atoms with Crippen molar-refractivity contribution >= 4 is 23.1 Å². The molecule has 0 unspecified atom stereocenters. The number of fused-ring (bicyclic) bond motifs is 1. The molecule has 0 amide bonds. The van der Waals surface area contributed by atoms with E-state index in [9.17, 15) is 19.7 Å². The Kier molecular flexibility index (Phi) is 7.94. The van der Waals surface area contributed by atoms with Crippen LogP contribution in [0.1, 0.15) is 52.9 Å². The summed E-state index contributed by atoms with van der Waals surface area (Å²) < 4.78 is 12.3. The van der Waals surface area contributed by atoms with E-state index >= 15 is 0 Å². The van der Waals surface area contributed by atoms with Gasteiger partial charge in [0.15, 0.2) is 5.75 Å². The summed E-state index contributed by atoms with van der Waals surface area (Å²) in [5, 5.41) is 11.7. The summed E-state index contributed by atoms with van der Waals surface area (Å²) >= 11 is 0. The van der Waals surface area contributed by atoms with Gasteiger partial charge in [0.05, 0.1) is 16.2 Å². The summed E-state index contributed by atoms with van der Waals surface area (Å²) in [6.45, 7) is 6.30. The molecule has 0 bridgehead atoms. The Morgan fingerprint density at radius 2 is 1.97 bits per heavy atom. The molecule has 29 heavy (non-hydrogen) atoms. The number of allylic oxidation sites excluding steroid dienone is 2. The van der Waals surface area contributed by atoms with Crippen LogP contribution in [0.15, 0.2) is 34.8 Å². The zero-order chi connectivity index (χ0) is 21.4. The van der Waals surface area contributed by atoms with Gasteiger partial charge >= 0.3 is 0 Å². The van der Waals surface area contributed by atoms with E-state index in [-0.39, 0.29) is 23.7 Å². The second kappa shape index (κ2) is 10.4.